The Morgan fingerprint density at radius 2 is 1.50 bits per heavy atom. The topological polar surface area (TPSA) is 41.1 Å². The van der Waals surface area contributed by atoms with Gasteiger partial charge in [0.15, 0.2) is 0 Å². The lowest BCUT2D eigenvalue weighted by molar-refractivity contribution is -0.115. The quantitative estimate of drug-likeness (QED) is 0.648. The molecule has 0 saturated carbocycles. The summed E-state index contributed by atoms with van der Waals surface area (Å²) in [5.74, 6) is -0.0905. The van der Waals surface area contributed by atoms with E-state index in [0.717, 1.165) is 22.4 Å². The summed E-state index contributed by atoms with van der Waals surface area (Å²) in [7, 11) is 0. The molecule has 26 heavy (non-hydrogen) atoms. The van der Waals surface area contributed by atoms with Gasteiger partial charge >= 0.3 is 0 Å². The summed E-state index contributed by atoms with van der Waals surface area (Å²) in [5.41, 5.74) is 3.95. The SMILES string of the molecule is Cc1cc(Cl)ccc1NC(=O)CNC(c1ccccc1)c1ccccc1. The molecule has 3 aromatic rings. The second-order valence-corrected chi connectivity index (χ2v) is 6.58. The first-order valence-corrected chi connectivity index (χ1v) is 8.90. The summed E-state index contributed by atoms with van der Waals surface area (Å²) in [4.78, 5) is 12.4. The molecule has 0 aliphatic rings. The van der Waals surface area contributed by atoms with E-state index in [1.165, 1.54) is 0 Å². The molecule has 0 atom stereocenters. The lowest BCUT2D eigenvalue weighted by Gasteiger charge is -2.20. The van der Waals surface area contributed by atoms with Gasteiger partial charge in [0.25, 0.3) is 0 Å². The zero-order valence-corrected chi connectivity index (χ0v) is 15.3. The van der Waals surface area contributed by atoms with Crippen molar-refractivity contribution >= 4 is 23.2 Å². The minimum absolute atomic E-state index is 0.0468. The van der Waals surface area contributed by atoms with Crippen LogP contribution >= 0.6 is 11.6 Å². The van der Waals surface area contributed by atoms with E-state index in [2.05, 4.69) is 34.9 Å². The highest BCUT2D eigenvalue weighted by Crippen LogP contribution is 2.22. The van der Waals surface area contributed by atoms with E-state index >= 15 is 0 Å². The molecule has 0 unspecified atom stereocenters. The average molecular weight is 365 g/mol. The van der Waals surface area contributed by atoms with E-state index in [-0.39, 0.29) is 18.5 Å². The standard InChI is InChI=1S/C22H21ClN2O/c1-16-14-19(23)12-13-20(16)25-21(26)15-24-22(17-8-4-2-5-9-17)18-10-6-3-7-11-18/h2-14,22,24H,15H2,1H3,(H,25,26). The highest BCUT2D eigenvalue weighted by molar-refractivity contribution is 6.30. The molecule has 132 valence electrons. The number of hydrogen-bond donors (Lipinski definition) is 2. The van der Waals surface area contributed by atoms with Gasteiger partial charge in [-0.2, -0.15) is 0 Å². The van der Waals surface area contributed by atoms with E-state index in [1.54, 1.807) is 6.07 Å². The molecule has 0 bridgehead atoms. The number of nitrogens with one attached hydrogen (secondary N) is 2. The lowest BCUT2D eigenvalue weighted by atomic mass is 9.99. The van der Waals surface area contributed by atoms with Crippen LogP contribution in [-0.2, 0) is 4.79 Å². The molecule has 0 radical (unpaired) electrons. The first kappa shape index (κ1) is 18.2. The van der Waals surface area contributed by atoms with Crippen molar-refractivity contribution in [1.29, 1.82) is 0 Å². The molecule has 0 saturated heterocycles. The number of amides is 1. The molecular formula is C22H21ClN2O. The van der Waals surface area contributed by atoms with Crippen LogP contribution in [0.4, 0.5) is 5.69 Å². The number of carbonyl (C=O) groups excluding carboxylic acids is 1. The Balaban J connectivity index is 1.71. The lowest BCUT2D eigenvalue weighted by Crippen LogP contribution is -2.32. The summed E-state index contributed by atoms with van der Waals surface area (Å²) in [5, 5.41) is 6.96. The largest absolute Gasteiger partial charge is 0.325 e. The highest BCUT2D eigenvalue weighted by Gasteiger charge is 2.15. The molecule has 0 aromatic heterocycles. The van der Waals surface area contributed by atoms with E-state index in [9.17, 15) is 4.79 Å². The second kappa shape index (κ2) is 8.65. The molecule has 3 nitrogen and oxygen atoms in total. The predicted molar refractivity (Wildman–Crippen MR) is 108 cm³/mol. The van der Waals surface area contributed by atoms with Crippen molar-refractivity contribution in [3.05, 3.63) is 101 Å². The monoisotopic (exact) mass is 364 g/mol. The molecule has 0 fully saturated rings. The maximum absolute atomic E-state index is 12.4. The molecule has 3 aromatic carbocycles. The number of rotatable bonds is 6. The van der Waals surface area contributed by atoms with Crippen LogP contribution in [0.15, 0.2) is 78.9 Å². The van der Waals surface area contributed by atoms with Crippen LogP contribution in [0.3, 0.4) is 0 Å². The molecule has 0 aliphatic heterocycles. The Morgan fingerprint density at radius 1 is 0.923 bits per heavy atom. The predicted octanol–water partition coefficient (Wildman–Crippen LogP) is 4.97. The third-order valence-corrected chi connectivity index (χ3v) is 4.43. The van der Waals surface area contributed by atoms with Crippen molar-refractivity contribution in [2.24, 2.45) is 0 Å². The smallest absolute Gasteiger partial charge is 0.238 e. The Bertz CT molecular complexity index is 826. The van der Waals surface area contributed by atoms with Gasteiger partial charge < -0.3 is 5.32 Å². The normalized spacial score (nSPS) is 10.7. The number of benzene rings is 3. The summed E-state index contributed by atoms with van der Waals surface area (Å²) in [6.45, 7) is 2.13. The molecular weight excluding hydrogens is 344 g/mol. The molecule has 0 heterocycles. The first-order chi connectivity index (χ1) is 12.6. The molecule has 0 aliphatic carbocycles. The van der Waals surface area contributed by atoms with Crippen LogP contribution in [0, 0.1) is 6.92 Å². The summed E-state index contributed by atoms with van der Waals surface area (Å²) in [6.07, 6.45) is 0. The van der Waals surface area contributed by atoms with Crippen LogP contribution in [0.1, 0.15) is 22.7 Å². The number of halogens is 1. The fourth-order valence-corrected chi connectivity index (χ4v) is 3.10. The third-order valence-electron chi connectivity index (χ3n) is 4.20. The highest BCUT2D eigenvalue weighted by atomic mass is 35.5. The van der Waals surface area contributed by atoms with Gasteiger partial charge in [0.2, 0.25) is 5.91 Å². The zero-order chi connectivity index (χ0) is 18.4. The van der Waals surface area contributed by atoms with E-state index in [4.69, 9.17) is 11.6 Å². The van der Waals surface area contributed by atoms with Crippen molar-refractivity contribution in [2.75, 3.05) is 11.9 Å². The molecule has 2 N–H and O–H groups in total. The van der Waals surface area contributed by atoms with Gasteiger partial charge in [0, 0.05) is 10.7 Å². The van der Waals surface area contributed by atoms with Gasteiger partial charge in [0.05, 0.1) is 12.6 Å². The van der Waals surface area contributed by atoms with Gasteiger partial charge in [-0.1, -0.05) is 72.3 Å². The minimum Gasteiger partial charge on any atom is -0.325 e. The van der Waals surface area contributed by atoms with Crippen LogP contribution in [0.2, 0.25) is 5.02 Å². The van der Waals surface area contributed by atoms with Crippen molar-refractivity contribution < 1.29 is 4.79 Å². The van der Waals surface area contributed by atoms with Gasteiger partial charge in [-0.15, -0.1) is 0 Å². The number of anilines is 1. The Morgan fingerprint density at radius 3 is 2.04 bits per heavy atom. The van der Waals surface area contributed by atoms with Crippen molar-refractivity contribution in [2.45, 2.75) is 13.0 Å². The molecule has 3 rings (SSSR count). The van der Waals surface area contributed by atoms with E-state index < -0.39 is 0 Å². The fourth-order valence-electron chi connectivity index (χ4n) is 2.88. The molecule has 0 spiro atoms. The summed E-state index contributed by atoms with van der Waals surface area (Å²) < 4.78 is 0. The first-order valence-electron chi connectivity index (χ1n) is 8.53. The van der Waals surface area contributed by atoms with Crippen molar-refractivity contribution in [1.82, 2.24) is 5.32 Å². The van der Waals surface area contributed by atoms with E-state index in [0.29, 0.717) is 5.02 Å². The maximum Gasteiger partial charge on any atom is 0.238 e. The van der Waals surface area contributed by atoms with Crippen LogP contribution in [-0.4, -0.2) is 12.5 Å². The Hall–Kier alpha value is -2.62. The van der Waals surface area contributed by atoms with Gasteiger partial charge in [0.1, 0.15) is 0 Å². The Kier molecular flexibility index (Phi) is 6.05. The van der Waals surface area contributed by atoms with Gasteiger partial charge in [-0.3, -0.25) is 10.1 Å². The fraction of sp³-hybridized carbons (Fsp3) is 0.136. The minimum atomic E-state index is -0.0905. The van der Waals surface area contributed by atoms with E-state index in [1.807, 2.05) is 55.5 Å². The van der Waals surface area contributed by atoms with Crippen molar-refractivity contribution in [3.63, 3.8) is 0 Å². The summed E-state index contributed by atoms with van der Waals surface area (Å²) in [6, 6.07) is 25.6. The maximum atomic E-state index is 12.4. The molecule has 1 amide bonds. The van der Waals surface area contributed by atoms with Crippen molar-refractivity contribution in [3.8, 4) is 0 Å². The van der Waals surface area contributed by atoms with Gasteiger partial charge in [-0.25, -0.2) is 0 Å². The third kappa shape index (κ3) is 4.72. The molecule has 4 heteroatoms. The van der Waals surface area contributed by atoms with Crippen LogP contribution in [0.5, 0.6) is 0 Å². The van der Waals surface area contributed by atoms with Crippen LogP contribution < -0.4 is 10.6 Å². The number of hydrogen-bond acceptors (Lipinski definition) is 2. The van der Waals surface area contributed by atoms with Crippen LogP contribution in [0.25, 0.3) is 0 Å². The number of carbonyl (C=O) groups is 1. The number of aryl methyl sites for hydroxylation is 1. The summed E-state index contributed by atoms with van der Waals surface area (Å²) >= 11 is 5.97. The average Bonchev–Trinajstić information content (AvgIpc) is 2.66. The zero-order valence-electron chi connectivity index (χ0n) is 14.6. The second-order valence-electron chi connectivity index (χ2n) is 6.14. The Labute approximate surface area is 159 Å². The van der Waals surface area contributed by atoms with Gasteiger partial charge in [-0.05, 0) is 41.8 Å².